The molecule has 1 fully saturated rings. The van der Waals surface area contributed by atoms with Gasteiger partial charge in [-0.1, -0.05) is 13.8 Å². The first-order valence-electron chi connectivity index (χ1n) is 8.51. The Hall–Kier alpha value is -1.03. The van der Waals surface area contributed by atoms with Gasteiger partial charge in [0.25, 0.3) is 0 Å². The summed E-state index contributed by atoms with van der Waals surface area (Å²) in [5, 5.41) is 13.1. The maximum atomic E-state index is 12.8. The Labute approximate surface area is 159 Å². The van der Waals surface area contributed by atoms with E-state index in [0.29, 0.717) is 0 Å². The van der Waals surface area contributed by atoms with Gasteiger partial charge >= 0.3 is 19.8 Å². The number of carbonyl (C=O) groups is 2. The fourth-order valence-corrected chi connectivity index (χ4v) is 4.15. The Kier molecular flexibility index (Phi) is 8.40. The van der Waals surface area contributed by atoms with E-state index >= 15 is 0 Å². The fraction of sp³-hybridized carbons (Fsp3) is 0.875. The summed E-state index contributed by atoms with van der Waals surface area (Å²) in [7, 11) is -1.49. The zero-order chi connectivity index (χ0) is 20.9. The van der Waals surface area contributed by atoms with Gasteiger partial charge < -0.3 is 14.6 Å². The van der Waals surface area contributed by atoms with Crippen molar-refractivity contribution in [2.24, 2.45) is 10.8 Å². The lowest BCUT2D eigenvalue weighted by Gasteiger charge is -2.43. The highest BCUT2D eigenvalue weighted by Gasteiger charge is 2.49. The third kappa shape index (κ3) is 6.81. The standard InChI is InChI=1S/C16H30NO9P/c1-15(2)9-24-27(21,25-10-16(3,4)14(20)23-6)26-12(15)13(19)17-8-7-11(18)22-5/h12-13,17,19H,7-10H2,1-6H3/t12-,13?,27+/m0/s1. The number of phosphoric acid groups is 1. The van der Waals surface area contributed by atoms with Gasteiger partial charge in [-0.3, -0.25) is 28.5 Å². The highest BCUT2D eigenvalue weighted by molar-refractivity contribution is 7.48. The first-order valence-corrected chi connectivity index (χ1v) is 9.97. The summed E-state index contributed by atoms with van der Waals surface area (Å²) in [4.78, 5) is 22.9. The van der Waals surface area contributed by atoms with Crippen LogP contribution in [-0.4, -0.2) is 63.4 Å². The van der Waals surface area contributed by atoms with E-state index < -0.39 is 42.9 Å². The molecule has 3 atom stereocenters. The van der Waals surface area contributed by atoms with Crippen molar-refractivity contribution in [2.45, 2.75) is 46.4 Å². The molecule has 0 saturated carbocycles. The molecule has 0 aromatic rings. The van der Waals surface area contributed by atoms with Crippen LogP contribution in [0, 0.1) is 10.8 Å². The van der Waals surface area contributed by atoms with Crippen LogP contribution in [0.4, 0.5) is 0 Å². The Balaban J connectivity index is 2.74. The van der Waals surface area contributed by atoms with Crippen LogP contribution in [0.15, 0.2) is 0 Å². The number of esters is 2. The van der Waals surface area contributed by atoms with Gasteiger partial charge in [0.1, 0.15) is 12.3 Å². The molecule has 11 heteroatoms. The summed E-state index contributed by atoms with van der Waals surface area (Å²) in [6, 6.07) is 0. The molecule has 1 rings (SSSR count). The van der Waals surface area contributed by atoms with Crippen LogP contribution in [0.2, 0.25) is 0 Å². The second-order valence-corrected chi connectivity index (χ2v) is 9.23. The molecule has 1 aliphatic rings. The van der Waals surface area contributed by atoms with Crippen LogP contribution < -0.4 is 5.32 Å². The number of carbonyl (C=O) groups excluding carboxylic acids is 2. The summed E-state index contributed by atoms with van der Waals surface area (Å²) in [5.74, 6) is -0.964. The molecular weight excluding hydrogens is 381 g/mol. The summed E-state index contributed by atoms with van der Waals surface area (Å²) in [6.45, 7) is 6.57. The molecule has 1 unspecified atom stereocenters. The predicted molar refractivity (Wildman–Crippen MR) is 94.6 cm³/mol. The molecule has 158 valence electrons. The van der Waals surface area contributed by atoms with E-state index in [9.17, 15) is 19.3 Å². The van der Waals surface area contributed by atoms with Crippen molar-refractivity contribution in [3.05, 3.63) is 0 Å². The number of nitrogens with one attached hydrogen (secondary N) is 1. The molecule has 1 aliphatic heterocycles. The summed E-state index contributed by atoms with van der Waals surface area (Å²) in [5.41, 5.74) is -1.74. The number of phosphoric ester groups is 1. The van der Waals surface area contributed by atoms with E-state index in [-0.39, 0.29) is 26.2 Å². The van der Waals surface area contributed by atoms with Crippen LogP contribution in [0.25, 0.3) is 0 Å². The van der Waals surface area contributed by atoms with Crippen molar-refractivity contribution in [3.63, 3.8) is 0 Å². The number of aliphatic hydroxyl groups excluding tert-OH is 1. The minimum atomic E-state index is -4.01. The molecule has 0 radical (unpaired) electrons. The molecule has 0 bridgehead atoms. The van der Waals surface area contributed by atoms with Crippen molar-refractivity contribution < 1.29 is 42.3 Å². The Morgan fingerprint density at radius 1 is 1.33 bits per heavy atom. The maximum absolute atomic E-state index is 12.8. The van der Waals surface area contributed by atoms with Gasteiger partial charge in [0.05, 0.1) is 39.3 Å². The number of aliphatic hydroxyl groups is 1. The van der Waals surface area contributed by atoms with Gasteiger partial charge in [0.15, 0.2) is 0 Å². The lowest BCUT2D eigenvalue weighted by atomic mass is 9.86. The molecule has 10 nitrogen and oxygen atoms in total. The van der Waals surface area contributed by atoms with E-state index in [1.807, 2.05) is 0 Å². The van der Waals surface area contributed by atoms with E-state index in [2.05, 4.69) is 14.8 Å². The first-order chi connectivity index (χ1) is 12.4. The highest BCUT2D eigenvalue weighted by Crippen LogP contribution is 2.58. The fourth-order valence-electron chi connectivity index (χ4n) is 2.30. The zero-order valence-corrected chi connectivity index (χ0v) is 17.5. The smallest absolute Gasteiger partial charge is 0.469 e. The monoisotopic (exact) mass is 411 g/mol. The lowest BCUT2D eigenvalue weighted by molar-refractivity contribution is -0.154. The summed E-state index contributed by atoms with van der Waals surface area (Å²) < 4.78 is 38.0. The summed E-state index contributed by atoms with van der Waals surface area (Å²) in [6.07, 6.45) is -2.10. The first kappa shape index (κ1) is 24.0. The quantitative estimate of drug-likeness (QED) is 0.324. The summed E-state index contributed by atoms with van der Waals surface area (Å²) >= 11 is 0. The molecule has 0 spiro atoms. The van der Waals surface area contributed by atoms with Crippen molar-refractivity contribution >= 4 is 19.8 Å². The normalized spacial score (nSPS) is 26.3. The Morgan fingerprint density at radius 2 is 1.96 bits per heavy atom. The minimum Gasteiger partial charge on any atom is -0.469 e. The molecule has 0 aromatic carbocycles. The third-order valence-corrected chi connectivity index (χ3v) is 5.50. The molecule has 0 amide bonds. The van der Waals surface area contributed by atoms with Gasteiger partial charge in [-0.15, -0.1) is 0 Å². The second-order valence-electron chi connectivity index (χ2n) is 7.61. The van der Waals surface area contributed by atoms with Crippen molar-refractivity contribution in [3.8, 4) is 0 Å². The predicted octanol–water partition coefficient (Wildman–Crippen LogP) is 1.22. The zero-order valence-electron chi connectivity index (χ0n) is 16.6. The molecule has 27 heavy (non-hydrogen) atoms. The second kappa shape index (κ2) is 9.45. The van der Waals surface area contributed by atoms with Crippen molar-refractivity contribution in [2.75, 3.05) is 34.0 Å². The largest absolute Gasteiger partial charge is 0.475 e. The van der Waals surface area contributed by atoms with Gasteiger partial charge in [-0.05, 0) is 13.8 Å². The van der Waals surface area contributed by atoms with Crippen LogP contribution in [0.5, 0.6) is 0 Å². The molecule has 0 aliphatic carbocycles. The SMILES string of the molecule is COC(=O)CCNC(O)[C@@H]1O[P@@](=O)(OCC(C)(C)C(=O)OC)OCC1(C)C. The van der Waals surface area contributed by atoms with Crippen molar-refractivity contribution in [1.29, 1.82) is 0 Å². The lowest BCUT2D eigenvalue weighted by Crippen LogP contribution is -2.52. The molecule has 1 heterocycles. The average molecular weight is 411 g/mol. The van der Waals surface area contributed by atoms with Gasteiger partial charge in [-0.25, -0.2) is 4.57 Å². The minimum absolute atomic E-state index is 0.00331. The number of ether oxygens (including phenoxy) is 2. The van der Waals surface area contributed by atoms with Gasteiger partial charge in [-0.2, -0.15) is 0 Å². The van der Waals surface area contributed by atoms with Crippen molar-refractivity contribution in [1.82, 2.24) is 5.32 Å². The van der Waals surface area contributed by atoms with Crippen LogP contribution in [0.3, 0.4) is 0 Å². The molecular formula is C16H30NO9P. The van der Waals surface area contributed by atoms with Crippen LogP contribution in [0.1, 0.15) is 34.1 Å². The Morgan fingerprint density at radius 3 is 2.52 bits per heavy atom. The Bertz CT molecular complexity index is 578. The highest BCUT2D eigenvalue weighted by atomic mass is 31.2. The molecule has 2 N–H and O–H groups in total. The number of methoxy groups -OCH3 is 2. The van der Waals surface area contributed by atoms with Gasteiger partial charge in [0.2, 0.25) is 0 Å². The van der Waals surface area contributed by atoms with Crippen LogP contribution in [-0.2, 0) is 37.2 Å². The number of rotatable bonds is 9. The topological polar surface area (TPSA) is 130 Å². The molecule has 1 saturated heterocycles. The number of hydrogen-bond acceptors (Lipinski definition) is 10. The van der Waals surface area contributed by atoms with Gasteiger partial charge in [0, 0.05) is 12.0 Å². The van der Waals surface area contributed by atoms with E-state index in [1.165, 1.54) is 14.2 Å². The van der Waals surface area contributed by atoms with E-state index in [1.54, 1.807) is 27.7 Å². The van der Waals surface area contributed by atoms with E-state index in [4.69, 9.17) is 13.6 Å². The molecule has 0 aromatic heterocycles. The van der Waals surface area contributed by atoms with Crippen LogP contribution >= 0.6 is 7.82 Å². The third-order valence-electron chi connectivity index (χ3n) is 4.13. The maximum Gasteiger partial charge on any atom is 0.475 e. The number of hydrogen-bond donors (Lipinski definition) is 2. The van der Waals surface area contributed by atoms with E-state index in [0.717, 1.165) is 0 Å². The average Bonchev–Trinajstić information content (AvgIpc) is 2.61.